The highest BCUT2D eigenvalue weighted by Gasteiger charge is 2.19. The Hall–Kier alpha value is -3.09. The Morgan fingerprint density at radius 1 is 1.23 bits per heavy atom. The Labute approximate surface area is 151 Å². The van der Waals surface area contributed by atoms with Crippen LogP contribution < -0.4 is 10.1 Å². The van der Waals surface area contributed by atoms with Gasteiger partial charge in [-0.25, -0.2) is 0 Å². The Kier molecular flexibility index (Phi) is 5.06. The molecule has 0 bridgehead atoms. The van der Waals surface area contributed by atoms with Crippen molar-refractivity contribution in [1.82, 2.24) is 15.5 Å². The molecule has 7 heteroatoms. The Bertz CT molecular complexity index is 913. The van der Waals surface area contributed by atoms with Crippen molar-refractivity contribution in [2.24, 2.45) is 0 Å². The third-order valence-corrected chi connectivity index (χ3v) is 3.85. The van der Waals surface area contributed by atoms with E-state index in [9.17, 15) is 4.79 Å². The second kappa shape index (κ2) is 7.43. The number of carbonyl (C=O) groups excluding carboxylic acids is 1. The van der Waals surface area contributed by atoms with E-state index in [4.69, 9.17) is 13.7 Å². The van der Waals surface area contributed by atoms with Crippen molar-refractivity contribution in [2.75, 3.05) is 0 Å². The molecule has 2 aromatic heterocycles. The average Bonchev–Trinajstić information content (AvgIpc) is 3.23. The minimum Gasteiger partial charge on any atom is -0.485 e. The second-order valence-corrected chi connectivity index (χ2v) is 6.20. The summed E-state index contributed by atoms with van der Waals surface area (Å²) < 4.78 is 16.4. The van der Waals surface area contributed by atoms with Gasteiger partial charge in [0.1, 0.15) is 24.2 Å². The van der Waals surface area contributed by atoms with E-state index in [0.29, 0.717) is 17.5 Å². The number of ether oxygens (including phenoxy) is 1. The first kappa shape index (κ1) is 17.7. The zero-order chi connectivity index (χ0) is 18.7. The number of carbonyl (C=O) groups is 1. The molecule has 0 spiro atoms. The largest absolute Gasteiger partial charge is 0.485 e. The Balaban J connectivity index is 1.59. The molecule has 2 heterocycles. The van der Waals surface area contributed by atoms with E-state index in [2.05, 4.69) is 21.5 Å². The van der Waals surface area contributed by atoms with Gasteiger partial charge >= 0.3 is 0 Å². The van der Waals surface area contributed by atoms with Crippen LogP contribution in [0.2, 0.25) is 0 Å². The van der Waals surface area contributed by atoms with Crippen LogP contribution in [0, 0.1) is 20.8 Å². The first-order valence-corrected chi connectivity index (χ1v) is 8.32. The molecule has 0 radical (unpaired) electrons. The van der Waals surface area contributed by atoms with Gasteiger partial charge in [0.2, 0.25) is 5.89 Å². The molecular weight excluding hydrogens is 334 g/mol. The summed E-state index contributed by atoms with van der Waals surface area (Å²) in [6, 6.07) is 8.89. The van der Waals surface area contributed by atoms with Gasteiger partial charge in [-0.2, -0.15) is 4.98 Å². The summed E-state index contributed by atoms with van der Waals surface area (Å²) in [6.45, 7) is 7.75. The maximum atomic E-state index is 12.3. The predicted molar refractivity (Wildman–Crippen MR) is 93.9 cm³/mol. The lowest BCUT2D eigenvalue weighted by atomic mass is 10.1. The molecule has 1 amide bonds. The van der Waals surface area contributed by atoms with E-state index < -0.39 is 6.04 Å². The van der Waals surface area contributed by atoms with E-state index >= 15 is 0 Å². The molecule has 0 aliphatic rings. The normalized spacial score (nSPS) is 12.0. The van der Waals surface area contributed by atoms with Crippen molar-refractivity contribution in [3.63, 3.8) is 0 Å². The number of benzene rings is 1. The first-order valence-electron chi connectivity index (χ1n) is 8.32. The van der Waals surface area contributed by atoms with Gasteiger partial charge < -0.3 is 19.0 Å². The molecule has 0 aliphatic carbocycles. The Morgan fingerprint density at radius 3 is 2.73 bits per heavy atom. The van der Waals surface area contributed by atoms with Crippen LogP contribution in [0.5, 0.6) is 5.75 Å². The molecule has 0 fully saturated rings. The molecule has 26 heavy (non-hydrogen) atoms. The van der Waals surface area contributed by atoms with Crippen molar-refractivity contribution in [2.45, 2.75) is 40.3 Å². The van der Waals surface area contributed by atoms with Gasteiger partial charge in [-0.15, -0.1) is 0 Å². The van der Waals surface area contributed by atoms with Crippen LogP contribution in [0.25, 0.3) is 0 Å². The van der Waals surface area contributed by atoms with E-state index in [1.165, 1.54) is 5.56 Å². The highest BCUT2D eigenvalue weighted by molar-refractivity contribution is 5.91. The molecule has 7 nitrogen and oxygen atoms in total. The number of aryl methyl sites for hydroxylation is 3. The van der Waals surface area contributed by atoms with Crippen LogP contribution in [0.4, 0.5) is 0 Å². The lowest BCUT2D eigenvalue weighted by Gasteiger charge is -2.09. The van der Waals surface area contributed by atoms with Crippen molar-refractivity contribution in [3.05, 3.63) is 64.7 Å². The molecule has 0 aliphatic heterocycles. The number of hydrogen-bond donors (Lipinski definition) is 1. The maximum absolute atomic E-state index is 12.3. The zero-order valence-corrected chi connectivity index (χ0v) is 15.2. The number of nitrogens with zero attached hydrogens (tertiary/aromatic N) is 2. The fourth-order valence-corrected chi connectivity index (χ4v) is 2.51. The summed E-state index contributed by atoms with van der Waals surface area (Å²) in [7, 11) is 0. The highest BCUT2D eigenvalue weighted by Crippen LogP contribution is 2.21. The minimum absolute atomic E-state index is 0.201. The lowest BCUT2D eigenvalue weighted by Crippen LogP contribution is -2.26. The molecule has 1 unspecified atom stereocenters. The lowest BCUT2D eigenvalue weighted by molar-refractivity contribution is 0.0900. The molecular formula is C19H21N3O4. The summed E-state index contributed by atoms with van der Waals surface area (Å²) in [5, 5.41) is 6.47. The Morgan fingerprint density at radius 2 is 2.04 bits per heavy atom. The van der Waals surface area contributed by atoms with Crippen LogP contribution in [0.1, 0.15) is 52.1 Å². The molecule has 3 aromatic rings. The van der Waals surface area contributed by atoms with Crippen LogP contribution in [-0.4, -0.2) is 16.0 Å². The van der Waals surface area contributed by atoms with Crippen LogP contribution in [0.15, 0.2) is 39.3 Å². The van der Waals surface area contributed by atoms with Gasteiger partial charge in [-0.1, -0.05) is 22.9 Å². The predicted octanol–water partition coefficient (Wildman–Crippen LogP) is 3.66. The SMILES string of the molecule is Cc1ccc(OCc2ccc(C(=O)NC(C)c3nc(C)no3)o2)c(C)c1. The van der Waals surface area contributed by atoms with Crippen molar-refractivity contribution in [3.8, 4) is 5.75 Å². The van der Waals surface area contributed by atoms with Gasteiger partial charge in [-0.05, 0) is 51.5 Å². The van der Waals surface area contributed by atoms with E-state index in [0.717, 1.165) is 11.3 Å². The molecule has 136 valence electrons. The zero-order valence-electron chi connectivity index (χ0n) is 15.2. The minimum atomic E-state index is -0.413. The molecule has 3 rings (SSSR count). The summed E-state index contributed by atoms with van der Waals surface area (Å²) >= 11 is 0. The molecule has 1 atom stereocenters. The number of rotatable bonds is 6. The van der Waals surface area contributed by atoms with Crippen LogP contribution >= 0.6 is 0 Å². The monoisotopic (exact) mass is 355 g/mol. The fourth-order valence-electron chi connectivity index (χ4n) is 2.51. The van der Waals surface area contributed by atoms with Crippen molar-refractivity contribution < 1.29 is 18.5 Å². The van der Waals surface area contributed by atoms with Gasteiger partial charge in [0.25, 0.3) is 5.91 Å². The standard InChI is InChI=1S/C19H21N3O4/c1-11-5-7-16(12(2)9-11)24-10-15-6-8-17(25-15)18(23)20-13(3)19-21-14(4)22-26-19/h5-9,13H,10H2,1-4H3,(H,20,23). The summed E-state index contributed by atoms with van der Waals surface area (Å²) in [5.41, 5.74) is 2.23. The molecule has 0 saturated heterocycles. The smallest absolute Gasteiger partial charge is 0.287 e. The highest BCUT2D eigenvalue weighted by atomic mass is 16.5. The van der Waals surface area contributed by atoms with Crippen LogP contribution in [0.3, 0.4) is 0 Å². The second-order valence-electron chi connectivity index (χ2n) is 6.20. The number of furan rings is 1. The first-order chi connectivity index (χ1) is 12.4. The number of nitrogens with one attached hydrogen (secondary N) is 1. The van der Waals surface area contributed by atoms with Gasteiger partial charge in [-0.3, -0.25) is 4.79 Å². The molecule has 1 aromatic carbocycles. The van der Waals surface area contributed by atoms with Gasteiger partial charge in [0.05, 0.1) is 0 Å². The summed E-state index contributed by atoms with van der Waals surface area (Å²) in [6.07, 6.45) is 0. The summed E-state index contributed by atoms with van der Waals surface area (Å²) in [5.74, 6) is 2.07. The topological polar surface area (TPSA) is 90.4 Å². The van der Waals surface area contributed by atoms with E-state index in [1.807, 2.05) is 26.0 Å². The number of aromatic nitrogens is 2. The summed E-state index contributed by atoms with van der Waals surface area (Å²) in [4.78, 5) is 16.4. The van der Waals surface area contributed by atoms with E-state index in [-0.39, 0.29) is 18.3 Å². The maximum Gasteiger partial charge on any atom is 0.287 e. The molecule has 0 saturated carbocycles. The quantitative estimate of drug-likeness (QED) is 0.726. The third-order valence-electron chi connectivity index (χ3n) is 3.85. The van der Waals surface area contributed by atoms with Crippen molar-refractivity contribution >= 4 is 5.91 Å². The number of amides is 1. The van der Waals surface area contributed by atoms with Crippen LogP contribution in [-0.2, 0) is 6.61 Å². The number of hydrogen-bond acceptors (Lipinski definition) is 6. The molecule has 1 N–H and O–H groups in total. The van der Waals surface area contributed by atoms with E-state index in [1.54, 1.807) is 26.0 Å². The van der Waals surface area contributed by atoms with Gasteiger partial charge in [0, 0.05) is 0 Å². The van der Waals surface area contributed by atoms with Crippen molar-refractivity contribution in [1.29, 1.82) is 0 Å². The average molecular weight is 355 g/mol. The third kappa shape index (κ3) is 4.11. The van der Waals surface area contributed by atoms with Gasteiger partial charge in [0.15, 0.2) is 11.6 Å². The fraction of sp³-hybridized carbons (Fsp3) is 0.316.